The van der Waals surface area contributed by atoms with Gasteiger partial charge in [0.05, 0.1) is 15.9 Å². The van der Waals surface area contributed by atoms with Gasteiger partial charge < -0.3 is 5.32 Å². The van der Waals surface area contributed by atoms with Crippen molar-refractivity contribution in [1.82, 2.24) is 19.9 Å². The van der Waals surface area contributed by atoms with Crippen molar-refractivity contribution in [2.24, 2.45) is 0 Å². The summed E-state index contributed by atoms with van der Waals surface area (Å²) >= 11 is 1.62. The maximum atomic E-state index is 4.72. The molecule has 0 bridgehead atoms. The van der Waals surface area contributed by atoms with E-state index in [1.54, 1.807) is 11.3 Å². The molecule has 0 aliphatic rings. The molecule has 0 aliphatic carbocycles. The summed E-state index contributed by atoms with van der Waals surface area (Å²) in [6, 6.07) is 22.7. The number of hydrogen-bond donors (Lipinski definition) is 1. The molecular weight excluding hydrogens is 390 g/mol. The van der Waals surface area contributed by atoms with Crippen LogP contribution in [-0.2, 0) is 6.42 Å². The van der Waals surface area contributed by atoms with Gasteiger partial charge in [0, 0.05) is 24.9 Å². The number of aromatic nitrogens is 4. The van der Waals surface area contributed by atoms with Gasteiger partial charge in [0.15, 0.2) is 5.13 Å². The van der Waals surface area contributed by atoms with E-state index in [1.165, 1.54) is 5.56 Å². The zero-order valence-electron chi connectivity index (χ0n) is 16.4. The molecule has 0 atom stereocenters. The van der Waals surface area contributed by atoms with Gasteiger partial charge in [0.1, 0.15) is 11.6 Å². The van der Waals surface area contributed by atoms with Crippen molar-refractivity contribution in [3.8, 4) is 11.1 Å². The molecule has 0 saturated heterocycles. The van der Waals surface area contributed by atoms with E-state index in [9.17, 15) is 0 Å². The number of nitrogens with zero attached hydrogens (tertiary/aromatic N) is 4. The topological polar surface area (TPSA) is 63.6 Å². The van der Waals surface area contributed by atoms with Gasteiger partial charge in [-0.3, -0.25) is 4.98 Å². The molecule has 0 unspecified atom stereocenters. The molecule has 0 aliphatic heterocycles. The average molecular weight is 410 g/mol. The molecule has 6 heteroatoms. The van der Waals surface area contributed by atoms with Crippen LogP contribution in [0.2, 0.25) is 0 Å². The van der Waals surface area contributed by atoms with Gasteiger partial charge in [-0.15, -0.1) is 0 Å². The number of pyridine rings is 1. The molecule has 0 spiro atoms. The molecule has 1 N–H and O–H groups in total. The highest BCUT2D eigenvalue weighted by atomic mass is 32.1. The highest BCUT2D eigenvalue weighted by molar-refractivity contribution is 7.22. The molecule has 3 aromatic heterocycles. The second kappa shape index (κ2) is 8.00. The lowest BCUT2D eigenvalue weighted by Crippen LogP contribution is -2.01. The van der Waals surface area contributed by atoms with Gasteiger partial charge in [-0.1, -0.05) is 47.7 Å². The molecule has 3 heterocycles. The Labute approximate surface area is 178 Å². The smallest absolute Gasteiger partial charge is 0.189 e. The number of benzene rings is 2. The summed E-state index contributed by atoms with van der Waals surface area (Å²) in [5.74, 6) is 1.51. The zero-order valence-corrected chi connectivity index (χ0v) is 17.2. The van der Waals surface area contributed by atoms with E-state index >= 15 is 0 Å². The Morgan fingerprint density at radius 1 is 0.833 bits per heavy atom. The van der Waals surface area contributed by atoms with Crippen LogP contribution in [0.1, 0.15) is 17.1 Å². The van der Waals surface area contributed by atoms with Crippen molar-refractivity contribution >= 4 is 32.5 Å². The maximum Gasteiger partial charge on any atom is 0.189 e. The van der Waals surface area contributed by atoms with Gasteiger partial charge in [-0.2, -0.15) is 0 Å². The minimum Gasteiger partial charge on any atom is -0.316 e. The van der Waals surface area contributed by atoms with E-state index in [0.717, 1.165) is 50.2 Å². The highest BCUT2D eigenvalue weighted by Crippen LogP contribution is 2.31. The first kappa shape index (κ1) is 18.4. The molecule has 5 nitrogen and oxygen atoms in total. The van der Waals surface area contributed by atoms with Crippen molar-refractivity contribution < 1.29 is 0 Å². The molecule has 146 valence electrons. The van der Waals surface area contributed by atoms with Crippen LogP contribution in [0.4, 0.5) is 10.9 Å². The summed E-state index contributed by atoms with van der Waals surface area (Å²) < 4.78 is 1.13. The average Bonchev–Trinajstić information content (AvgIpc) is 3.16. The molecular formula is C24H19N5S. The Balaban J connectivity index is 1.41. The zero-order chi connectivity index (χ0) is 20.3. The van der Waals surface area contributed by atoms with Crippen LogP contribution in [0.3, 0.4) is 0 Å². The number of aryl methyl sites for hydroxylation is 1. The van der Waals surface area contributed by atoms with Crippen molar-refractivity contribution in [2.45, 2.75) is 13.3 Å². The van der Waals surface area contributed by atoms with Crippen LogP contribution in [0.5, 0.6) is 0 Å². The first-order valence-electron chi connectivity index (χ1n) is 9.69. The Bertz CT molecular complexity index is 1300. The lowest BCUT2D eigenvalue weighted by Gasteiger charge is -2.07. The van der Waals surface area contributed by atoms with E-state index in [-0.39, 0.29) is 0 Å². The Morgan fingerprint density at radius 2 is 1.67 bits per heavy atom. The number of fused-ring (bicyclic) bond motifs is 1. The molecule has 5 aromatic rings. The minimum atomic E-state index is 0.743. The van der Waals surface area contributed by atoms with Gasteiger partial charge in [-0.05, 0) is 47.9 Å². The standard InChI is InChI=1S/C24H19N5S/c1-16-26-20(13-17-5-3-2-4-6-17)15-23(27-16)29-24-28-21-8-7-19(14-22(21)30-24)18-9-11-25-12-10-18/h2-12,14-15H,13H2,1H3,(H,26,27,28,29). The lowest BCUT2D eigenvalue weighted by molar-refractivity contribution is 0.971. The molecule has 0 fully saturated rings. The molecule has 0 saturated carbocycles. The second-order valence-electron chi connectivity index (χ2n) is 7.02. The van der Waals surface area contributed by atoms with E-state index in [1.807, 2.05) is 55.7 Å². The van der Waals surface area contributed by atoms with Crippen molar-refractivity contribution in [1.29, 1.82) is 0 Å². The Kier molecular flexibility index (Phi) is 4.91. The number of thiazole rings is 1. The van der Waals surface area contributed by atoms with Crippen LogP contribution in [-0.4, -0.2) is 19.9 Å². The number of nitrogens with one attached hydrogen (secondary N) is 1. The van der Waals surface area contributed by atoms with Crippen LogP contribution in [0.25, 0.3) is 21.3 Å². The van der Waals surface area contributed by atoms with Crippen molar-refractivity contribution in [3.63, 3.8) is 0 Å². The van der Waals surface area contributed by atoms with Gasteiger partial charge in [0.2, 0.25) is 0 Å². The lowest BCUT2D eigenvalue weighted by atomic mass is 10.1. The fraction of sp³-hybridized carbons (Fsp3) is 0.0833. The molecule has 2 aromatic carbocycles. The Morgan fingerprint density at radius 3 is 2.50 bits per heavy atom. The van der Waals surface area contributed by atoms with Crippen molar-refractivity contribution in [2.75, 3.05) is 5.32 Å². The molecule has 5 rings (SSSR count). The number of hydrogen-bond acceptors (Lipinski definition) is 6. The van der Waals surface area contributed by atoms with Gasteiger partial charge >= 0.3 is 0 Å². The third-order valence-electron chi connectivity index (χ3n) is 4.76. The van der Waals surface area contributed by atoms with Gasteiger partial charge in [-0.25, -0.2) is 15.0 Å². The fourth-order valence-corrected chi connectivity index (χ4v) is 4.31. The van der Waals surface area contributed by atoms with Crippen LogP contribution in [0.15, 0.2) is 79.1 Å². The molecule has 0 amide bonds. The van der Waals surface area contributed by atoms with Crippen LogP contribution < -0.4 is 5.32 Å². The highest BCUT2D eigenvalue weighted by Gasteiger charge is 2.09. The maximum absolute atomic E-state index is 4.72. The monoisotopic (exact) mass is 409 g/mol. The first-order valence-corrected chi connectivity index (χ1v) is 10.5. The summed E-state index contributed by atoms with van der Waals surface area (Å²) in [5, 5.41) is 4.19. The van der Waals surface area contributed by atoms with E-state index in [0.29, 0.717) is 0 Å². The summed E-state index contributed by atoms with van der Waals surface area (Å²) in [7, 11) is 0. The number of rotatable bonds is 5. The predicted octanol–water partition coefficient (Wildman–Crippen LogP) is 5.79. The first-order chi connectivity index (χ1) is 14.7. The molecule has 30 heavy (non-hydrogen) atoms. The van der Waals surface area contributed by atoms with Gasteiger partial charge in [0.25, 0.3) is 0 Å². The summed E-state index contributed by atoms with van der Waals surface area (Å²) in [4.78, 5) is 17.9. The predicted molar refractivity (Wildman–Crippen MR) is 122 cm³/mol. The summed E-state index contributed by atoms with van der Waals surface area (Å²) in [5.41, 5.74) is 5.48. The largest absolute Gasteiger partial charge is 0.316 e. The van der Waals surface area contributed by atoms with Crippen LogP contribution in [0, 0.1) is 6.92 Å². The van der Waals surface area contributed by atoms with Crippen molar-refractivity contribution in [3.05, 3.63) is 96.2 Å². The summed E-state index contributed by atoms with van der Waals surface area (Å²) in [6.45, 7) is 1.92. The minimum absolute atomic E-state index is 0.743. The third kappa shape index (κ3) is 4.04. The fourth-order valence-electron chi connectivity index (χ4n) is 3.40. The molecule has 0 radical (unpaired) electrons. The summed E-state index contributed by atoms with van der Waals surface area (Å²) in [6.07, 6.45) is 4.39. The quantitative estimate of drug-likeness (QED) is 0.398. The van der Waals surface area contributed by atoms with E-state index in [4.69, 9.17) is 4.98 Å². The third-order valence-corrected chi connectivity index (χ3v) is 5.69. The second-order valence-corrected chi connectivity index (χ2v) is 8.05. The van der Waals surface area contributed by atoms with E-state index in [2.05, 4.69) is 50.6 Å². The number of anilines is 2. The van der Waals surface area contributed by atoms with Crippen LogP contribution >= 0.6 is 11.3 Å². The SMILES string of the molecule is Cc1nc(Cc2ccccc2)cc(Nc2nc3ccc(-c4ccncc4)cc3s2)n1. The normalized spacial score (nSPS) is 11.0. The van der Waals surface area contributed by atoms with E-state index < -0.39 is 0 Å². The Hall–Kier alpha value is -3.64.